The molecule has 0 aliphatic rings. The first kappa shape index (κ1) is 16.2. The molecule has 0 radical (unpaired) electrons. The van der Waals surface area contributed by atoms with Gasteiger partial charge in [0.25, 0.3) is 10.1 Å². The summed E-state index contributed by atoms with van der Waals surface area (Å²) in [6.45, 7) is 1.17. The standard InChI is InChI=1S/C6H10O7S.H3N/c1-2-6(5(9)10,3-4(7)8)14(11,12)13;/h2-3H2,1H3,(H,7,8)(H,9,10)(H,11,12,13);1H3. The molecular weight excluding hydrogens is 230 g/mol. The minimum Gasteiger partial charge on any atom is -0.481 e. The van der Waals surface area contributed by atoms with Crippen molar-refractivity contribution in [2.75, 3.05) is 0 Å². The maximum atomic E-state index is 10.8. The number of carbonyl (C=O) groups is 2. The fourth-order valence-corrected chi connectivity index (χ4v) is 1.87. The minimum absolute atomic E-state index is 0. The highest BCUT2D eigenvalue weighted by Crippen LogP contribution is 2.25. The van der Waals surface area contributed by atoms with E-state index >= 15 is 0 Å². The molecule has 0 spiro atoms. The zero-order valence-electron chi connectivity index (χ0n) is 8.00. The second-order valence-corrected chi connectivity index (χ2v) is 4.43. The Labute approximate surface area is 86.2 Å². The third-order valence-electron chi connectivity index (χ3n) is 1.89. The molecule has 1 atom stereocenters. The lowest BCUT2D eigenvalue weighted by Crippen LogP contribution is -2.47. The molecule has 0 rings (SSSR count). The second kappa shape index (κ2) is 5.05. The van der Waals surface area contributed by atoms with Crippen LogP contribution in [0.2, 0.25) is 0 Å². The van der Waals surface area contributed by atoms with Gasteiger partial charge in [-0.05, 0) is 6.42 Å². The molecule has 0 bridgehead atoms. The van der Waals surface area contributed by atoms with Crippen LogP contribution in [0.3, 0.4) is 0 Å². The molecule has 0 heterocycles. The van der Waals surface area contributed by atoms with E-state index in [4.69, 9.17) is 14.8 Å². The molecule has 0 aliphatic carbocycles. The quantitative estimate of drug-likeness (QED) is 0.479. The Hall–Kier alpha value is -1.19. The van der Waals surface area contributed by atoms with Crippen LogP contribution in [0.15, 0.2) is 0 Å². The van der Waals surface area contributed by atoms with Gasteiger partial charge in [0.15, 0.2) is 0 Å². The molecule has 0 saturated carbocycles. The van der Waals surface area contributed by atoms with Crippen LogP contribution >= 0.6 is 0 Å². The first-order valence-electron chi connectivity index (χ1n) is 3.59. The highest BCUT2D eigenvalue weighted by atomic mass is 32.2. The van der Waals surface area contributed by atoms with Gasteiger partial charge in [-0.1, -0.05) is 6.92 Å². The molecule has 0 saturated heterocycles. The lowest BCUT2D eigenvalue weighted by Gasteiger charge is -2.22. The summed E-state index contributed by atoms with van der Waals surface area (Å²) in [4.78, 5) is 20.9. The summed E-state index contributed by atoms with van der Waals surface area (Å²) in [6, 6.07) is 0. The van der Waals surface area contributed by atoms with Crippen LogP contribution < -0.4 is 6.15 Å². The normalized spacial score (nSPS) is 14.8. The average Bonchev–Trinajstić information content (AvgIpc) is 1.96. The molecule has 15 heavy (non-hydrogen) atoms. The number of aliphatic carboxylic acids is 2. The number of rotatable bonds is 5. The Morgan fingerprint density at radius 3 is 1.73 bits per heavy atom. The first-order valence-corrected chi connectivity index (χ1v) is 5.03. The van der Waals surface area contributed by atoms with Crippen LogP contribution in [-0.4, -0.2) is 39.9 Å². The summed E-state index contributed by atoms with van der Waals surface area (Å²) in [5.74, 6) is -3.48. The maximum Gasteiger partial charge on any atom is 0.328 e. The van der Waals surface area contributed by atoms with Gasteiger partial charge in [-0.25, -0.2) is 0 Å². The molecule has 1 unspecified atom stereocenters. The van der Waals surface area contributed by atoms with E-state index < -0.39 is 39.6 Å². The fourth-order valence-electron chi connectivity index (χ4n) is 0.980. The van der Waals surface area contributed by atoms with Gasteiger partial charge >= 0.3 is 11.9 Å². The minimum atomic E-state index is -4.95. The molecule has 0 fully saturated rings. The van der Waals surface area contributed by atoms with E-state index in [0.29, 0.717) is 0 Å². The first-order chi connectivity index (χ1) is 6.17. The van der Waals surface area contributed by atoms with Crippen molar-refractivity contribution in [3.63, 3.8) is 0 Å². The zero-order valence-corrected chi connectivity index (χ0v) is 8.82. The lowest BCUT2D eigenvalue weighted by atomic mass is 10.0. The number of hydrogen-bond acceptors (Lipinski definition) is 5. The fraction of sp³-hybridized carbons (Fsp3) is 0.667. The van der Waals surface area contributed by atoms with Crippen molar-refractivity contribution in [2.24, 2.45) is 0 Å². The third kappa shape index (κ3) is 3.15. The molecule has 0 aromatic heterocycles. The van der Waals surface area contributed by atoms with Crippen LogP contribution in [0.1, 0.15) is 19.8 Å². The smallest absolute Gasteiger partial charge is 0.328 e. The predicted molar refractivity (Wildman–Crippen MR) is 49.5 cm³/mol. The predicted octanol–water partition coefficient (Wildman–Crippen LogP) is -0.256. The van der Waals surface area contributed by atoms with Gasteiger partial charge in [0.2, 0.25) is 4.75 Å². The molecule has 0 aromatic rings. The Morgan fingerprint density at radius 2 is 1.67 bits per heavy atom. The van der Waals surface area contributed by atoms with Gasteiger partial charge in [-0.2, -0.15) is 8.42 Å². The van der Waals surface area contributed by atoms with Crippen LogP contribution in [0.5, 0.6) is 0 Å². The highest BCUT2D eigenvalue weighted by molar-refractivity contribution is 7.88. The second-order valence-electron chi connectivity index (χ2n) is 2.70. The Morgan fingerprint density at radius 1 is 1.27 bits per heavy atom. The molecular formula is C6H13NO7S. The van der Waals surface area contributed by atoms with Crippen LogP contribution in [-0.2, 0) is 19.7 Å². The van der Waals surface area contributed by atoms with E-state index in [1.165, 1.54) is 6.92 Å². The summed E-state index contributed by atoms with van der Waals surface area (Å²) in [7, 11) is -4.95. The van der Waals surface area contributed by atoms with Gasteiger partial charge in [0, 0.05) is 0 Å². The summed E-state index contributed by atoms with van der Waals surface area (Å²) in [5, 5.41) is 17.0. The molecule has 0 amide bonds. The summed E-state index contributed by atoms with van der Waals surface area (Å²) in [5.41, 5.74) is 0. The van der Waals surface area contributed by atoms with E-state index in [0.717, 1.165) is 0 Å². The largest absolute Gasteiger partial charge is 0.481 e. The average molecular weight is 243 g/mol. The van der Waals surface area contributed by atoms with Crippen LogP contribution in [0, 0.1) is 0 Å². The lowest BCUT2D eigenvalue weighted by molar-refractivity contribution is -0.147. The molecule has 6 N–H and O–H groups in total. The van der Waals surface area contributed by atoms with E-state index in [2.05, 4.69) is 0 Å². The van der Waals surface area contributed by atoms with E-state index in [9.17, 15) is 18.0 Å². The number of carboxylic acid groups (broad SMARTS) is 2. The molecule has 0 aromatic carbocycles. The molecule has 8 nitrogen and oxygen atoms in total. The van der Waals surface area contributed by atoms with E-state index in [1.54, 1.807) is 0 Å². The van der Waals surface area contributed by atoms with Crippen molar-refractivity contribution in [3.05, 3.63) is 0 Å². The number of hydrogen-bond donors (Lipinski definition) is 4. The third-order valence-corrected chi connectivity index (χ3v) is 3.49. The summed E-state index contributed by atoms with van der Waals surface area (Å²) >= 11 is 0. The molecule has 9 heteroatoms. The molecule has 90 valence electrons. The Bertz CT molecular complexity index is 348. The molecule has 0 aliphatic heterocycles. The monoisotopic (exact) mass is 243 g/mol. The van der Waals surface area contributed by atoms with Gasteiger partial charge in [-0.3, -0.25) is 14.1 Å². The van der Waals surface area contributed by atoms with Gasteiger partial charge < -0.3 is 16.4 Å². The summed E-state index contributed by atoms with van der Waals surface area (Å²) in [6.07, 6.45) is -1.69. The summed E-state index contributed by atoms with van der Waals surface area (Å²) < 4.78 is 27.6. The van der Waals surface area contributed by atoms with Gasteiger partial charge in [0.05, 0.1) is 6.42 Å². The van der Waals surface area contributed by atoms with Crippen molar-refractivity contribution < 1.29 is 32.8 Å². The van der Waals surface area contributed by atoms with Crippen molar-refractivity contribution in [1.82, 2.24) is 6.15 Å². The van der Waals surface area contributed by atoms with Crippen LogP contribution in [0.4, 0.5) is 0 Å². The topological polar surface area (TPSA) is 164 Å². The Kier molecular flexibility index (Phi) is 5.47. The van der Waals surface area contributed by atoms with Crippen molar-refractivity contribution >= 4 is 22.1 Å². The van der Waals surface area contributed by atoms with Crippen molar-refractivity contribution in [1.29, 1.82) is 0 Å². The van der Waals surface area contributed by atoms with Crippen LogP contribution in [0.25, 0.3) is 0 Å². The van der Waals surface area contributed by atoms with Crippen molar-refractivity contribution in [3.8, 4) is 0 Å². The van der Waals surface area contributed by atoms with Gasteiger partial charge in [-0.15, -0.1) is 0 Å². The van der Waals surface area contributed by atoms with E-state index in [1.807, 2.05) is 0 Å². The zero-order chi connectivity index (χ0) is 11.6. The maximum absolute atomic E-state index is 10.8. The van der Waals surface area contributed by atoms with E-state index in [-0.39, 0.29) is 6.15 Å². The number of carboxylic acids is 2. The SMILES string of the molecule is CCC(CC(=O)O)(C(=O)O)S(=O)(=O)O.N. The van der Waals surface area contributed by atoms with Gasteiger partial charge in [0.1, 0.15) is 0 Å². The highest BCUT2D eigenvalue weighted by Gasteiger charge is 2.50. The van der Waals surface area contributed by atoms with Crippen molar-refractivity contribution in [2.45, 2.75) is 24.5 Å². The Balaban J connectivity index is 0.